The predicted octanol–water partition coefficient (Wildman–Crippen LogP) is 9.26. The highest BCUT2D eigenvalue weighted by Gasteiger charge is 2.44. The third-order valence-corrected chi connectivity index (χ3v) is 13.0. The molecule has 7 rings (SSSR count). The SMILES string of the molecule is Cc1cc(-c2nn(-c3ccccc3)c3c2P(=S)(N2CCCCC2)OC(c2ccc(Br)cc2)=N3)c(C)n1-c1cccc(C(F)(F)F)c1. The number of halogens is 4. The molecule has 1 unspecified atom stereocenters. The summed E-state index contributed by atoms with van der Waals surface area (Å²) in [6.45, 7) is 5.38. The second kappa shape index (κ2) is 11.9. The molecule has 0 amide bonds. The monoisotopic (exact) mass is 723 g/mol. The van der Waals surface area contributed by atoms with Gasteiger partial charge in [-0.1, -0.05) is 46.6 Å². The van der Waals surface area contributed by atoms with Gasteiger partial charge in [0.05, 0.1) is 11.3 Å². The van der Waals surface area contributed by atoms with E-state index in [1.54, 1.807) is 6.07 Å². The zero-order valence-corrected chi connectivity index (χ0v) is 28.4. The molecule has 0 spiro atoms. The van der Waals surface area contributed by atoms with Gasteiger partial charge in [-0.15, -0.1) is 0 Å². The van der Waals surface area contributed by atoms with Crippen molar-refractivity contribution in [2.45, 2.75) is 39.3 Å². The van der Waals surface area contributed by atoms with Crippen molar-refractivity contribution in [2.75, 3.05) is 13.1 Å². The number of aromatic nitrogens is 3. The van der Waals surface area contributed by atoms with Crippen LogP contribution in [0.1, 0.15) is 41.8 Å². The molecule has 4 heterocycles. The number of aliphatic imine (C=N–C) groups is 1. The number of fused-ring (bicyclic) bond motifs is 1. The second-order valence-corrected chi connectivity index (χ2v) is 16.1. The molecule has 2 aliphatic heterocycles. The molecule has 1 saturated heterocycles. The zero-order valence-electron chi connectivity index (χ0n) is 25.1. The van der Waals surface area contributed by atoms with E-state index in [1.807, 2.05) is 83.8 Å². The average Bonchev–Trinajstić information content (AvgIpc) is 3.58. The minimum Gasteiger partial charge on any atom is -0.431 e. The van der Waals surface area contributed by atoms with Gasteiger partial charge in [-0.05, 0) is 99.2 Å². The van der Waals surface area contributed by atoms with Gasteiger partial charge in [0.1, 0.15) is 11.0 Å². The summed E-state index contributed by atoms with van der Waals surface area (Å²) in [5, 5.41) is 5.96. The van der Waals surface area contributed by atoms with Crippen molar-refractivity contribution in [3.63, 3.8) is 0 Å². The lowest BCUT2D eigenvalue weighted by atomic mass is 10.1. The van der Waals surface area contributed by atoms with Gasteiger partial charge in [0.2, 0.25) is 12.3 Å². The number of rotatable bonds is 5. The minimum absolute atomic E-state index is 0.426. The van der Waals surface area contributed by atoms with E-state index in [2.05, 4.69) is 20.6 Å². The first-order chi connectivity index (χ1) is 22.0. The molecule has 6 nitrogen and oxygen atoms in total. The summed E-state index contributed by atoms with van der Waals surface area (Å²) in [5.74, 6) is 1.06. The van der Waals surface area contributed by atoms with Crippen LogP contribution in [0.3, 0.4) is 0 Å². The van der Waals surface area contributed by atoms with Gasteiger partial charge in [-0.25, -0.2) is 9.35 Å². The van der Waals surface area contributed by atoms with Crippen molar-refractivity contribution < 1.29 is 17.7 Å². The molecule has 2 aromatic heterocycles. The molecular formula is C34H30BrF3N5OPS. The van der Waals surface area contributed by atoms with E-state index in [-0.39, 0.29) is 0 Å². The molecule has 1 atom stereocenters. The van der Waals surface area contributed by atoms with Crippen LogP contribution in [0, 0.1) is 13.8 Å². The largest absolute Gasteiger partial charge is 0.431 e. The molecule has 1 fully saturated rings. The highest BCUT2D eigenvalue weighted by atomic mass is 79.9. The van der Waals surface area contributed by atoms with Crippen LogP contribution in [0.2, 0.25) is 0 Å². The number of para-hydroxylation sites is 1. The fourth-order valence-corrected chi connectivity index (χ4v) is 10.2. The Labute approximate surface area is 278 Å². The van der Waals surface area contributed by atoms with Crippen molar-refractivity contribution >= 4 is 51.2 Å². The van der Waals surface area contributed by atoms with Crippen LogP contribution in [-0.4, -0.2) is 38.0 Å². The fraction of sp³-hybridized carbons (Fsp3) is 0.235. The summed E-state index contributed by atoms with van der Waals surface area (Å²) < 4.78 is 54.8. The maximum absolute atomic E-state index is 13.7. The van der Waals surface area contributed by atoms with Crippen LogP contribution in [-0.2, 0) is 22.5 Å². The number of piperidine rings is 1. The molecule has 0 bridgehead atoms. The molecule has 0 N–H and O–H groups in total. The Balaban J connectivity index is 1.49. The van der Waals surface area contributed by atoms with Gasteiger partial charge in [0.25, 0.3) is 0 Å². The molecule has 0 aliphatic carbocycles. The fourth-order valence-electron chi connectivity index (χ4n) is 6.24. The zero-order chi connectivity index (χ0) is 32.2. The lowest BCUT2D eigenvalue weighted by Gasteiger charge is -2.39. The second-order valence-electron chi connectivity index (χ2n) is 11.5. The number of aryl methyl sites for hydroxylation is 1. The van der Waals surface area contributed by atoms with E-state index in [0.717, 1.165) is 76.4 Å². The van der Waals surface area contributed by atoms with E-state index in [9.17, 15) is 13.2 Å². The first-order valence-corrected chi connectivity index (χ1v) is 18.5. The van der Waals surface area contributed by atoms with Gasteiger partial charge >= 0.3 is 6.18 Å². The van der Waals surface area contributed by atoms with Crippen LogP contribution in [0.25, 0.3) is 22.6 Å². The Morgan fingerprint density at radius 1 is 0.870 bits per heavy atom. The smallest absolute Gasteiger partial charge is 0.416 e. The number of hydrogen-bond donors (Lipinski definition) is 0. The van der Waals surface area contributed by atoms with Gasteiger partial charge in [0.15, 0.2) is 5.82 Å². The normalized spacial score (nSPS) is 18.6. The highest BCUT2D eigenvalue weighted by molar-refractivity contribution is 9.10. The van der Waals surface area contributed by atoms with Crippen molar-refractivity contribution in [3.05, 3.63) is 112 Å². The van der Waals surface area contributed by atoms with Crippen molar-refractivity contribution in [3.8, 4) is 22.6 Å². The van der Waals surface area contributed by atoms with Crippen LogP contribution < -0.4 is 5.30 Å². The third kappa shape index (κ3) is 5.47. The van der Waals surface area contributed by atoms with Crippen molar-refractivity contribution in [1.82, 2.24) is 19.0 Å². The molecule has 5 aromatic rings. The number of alkyl halides is 3. The summed E-state index contributed by atoms with van der Waals surface area (Å²) in [6, 6.07) is 24.9. The molecule has 236 valence electrons. The van der Waals surface area contributed by atoms with Gasteiger partial charge in [-0.3, -0.25) is 0 Å². The van der Waals surface area contributed by atoms with E-state index >= 15 is 0 Å². The number of hydrogen-bond acceptors (Lipinski definition) is 4. The Hall–Kier alpha value is -3.50. The molecule has 0 saturated carbocycles. The molecule has 12 heteroatoms. The first-order valence-electron chi connectivity index (χ1n) is 15.0. The van der Waals surface area contributed by atoms with E-state index in [1.165, 1.54) is 12.1 Å². The molecule has 2 aliphatic rings. The Morgan fingerprint density at radius 2 is 1.57 bits per heavy atom. The van der Waals surface area contributed by atoms with Crippen LogP contribution in [0.15, 0.2) is 94.4 Å². The summed E-state index contributed by atoms with van der Waals surface area (Å²) in [6.07, 6.45) is -4.27. The average molecular weight is 725 g/mol. The number of benzene rings is 3. The third-order valence-electron chi connectivity index (χ3n) is 8.45. The summed E-state index contributed by atoms with van der Waals surface area (Å²) >= 11 is 10.2. The van der Waals surface area contributed by atoms with Crippen LogP contribution >= 0.6 is 22.3 Å². The van der Waals surface area contributed by atoms with Crippen LogP contribution in [0.4, 0.5) is 19.0 Å². The van der Waals surface area contributed by atoms with E-state index < -0.39 is 18.2 Å². The highest BCUT2D eigenvalue weighted by Crippen LogP contribution is 2.58. The molecular weight excluding hydrogens is 694 g/mol. The van der Waals surface area contributed by atoms with Crippen LogP contribution in [0.5, 0.6) is 0 Å². The number of nitrogens with zero attached hydrogens (tertiary/aromatic N) is 5. The summed E-state index contributed by atoms with van der Waals surface area (Å²) in [5.41, 5.74) is 4.29. The molecule has 0 radical (unpaired) electrons. The van der Waals surface area contributed by atoms with E-state index in [4.69, 9.17) is 26.4 Å². The Bertz CT molecular complexity index is 2010. The topological polar surface area (TPSA) is 47.6 Å². The minimum atomic E-state index is -4.45. The maximum atomic E-state index is 13.7. The quantitative estimate of drug-likeness (QED) is 0.170. The van der Waals surface area contributed by atoms with Gasteiger partial charge in [-0.2, -0.15) is 23.3 Å². The maximum Gasteiger partial charge on any atom is 0.416 e. The molecule has 46 heavy (non-hydrogen) atoms. The standard InChI is InChI=1S/C34H30BrF3N5OPS/c1-22-20-29(23(2)42(22)28-13-9-10-25(21-28)34(36,37)38)30-31-32(43(40-30)27-11-5-3-6-12-27)39-33(24-14-16-26(35)17-15-24)44-45(31,46)41-18-7-4-8-19-41/h3,5-6,9-17,20-21H,4,7-8,18-19H2,1-2H3. The lowest BCUT2D eigenvalue weighted by Crippen LogP contribution is -2.35. The van der Waals surface area contributed by atoms with E-state index in [0.29, 0.717) is 23.1 Å². The molecule has 3 aromatic carbocycles. The predicted molar refractivity (Wildman–Crippen MR) is 184 cm³/mol. The lowest BCUT2D eigenvalue weighted by molar-refractivity contribution is -0.137. The Morgan fingerprint density at radius 3 is 2.26 bits per heavy atom. The van der Waals surface area contributed by atoms with Gasteiger partial charge in [0, 0.05) is 45.8 Å². The first kappa shape index (κ1) is 31.1. The van der Waals surface area contributed by atoms with Crippen molar-refractivity contribution in [2.24, 2.45) is 4.99 Å². The van der Waals surface area contributed by atoms with Crippen molar-refractivity contribution in [1.29, 1.82) is 0 Å². The Kier molecular flexibility index (Phi) is 8.08. The van der Waals surface area contributed by atoms with Gasteiger partial charge < -0.3 is 9.09 Å². The summed E-state index contributed by atoms with van der Waals surface area (Å²) in [4.78, 5) is 5.10. The summed E-state index contributed by atoms with van der Waals surface area (Å²) in [7, 11) is 0.